The minimum absolute atomic E-state index is 0.916. The molecule has 0 heterocycles. The molecule has 0 unspecified atom stereocenters. The first kappa shape index (κ1) is 12.7. The summed E-state index contributed by atoms with van der Waals surface area (Å²) in [5.74, 6) is 0. The Balaban J connectivity index is 2.32. The van der Waals surface area contributed by atoms with Gasteiger partial charge in [-0.25, -0.2) is 0 Å². The van der Waals surface area contributed by atoms with E-state index >= 15 is 0 Å². The molecule has 0 atom stereocenters. The average molecular weight is 215 g/mol. The van der Waals surface area contributed by atoms with Crippen molar-refractivity contribution in [3.63, 3.8) is 0 Å². The fraction of sp³-hybridized carbons (Fsp3) is 0.333. The SMILES string of the molecule is C/C=C(\C)CNC/C=C/c1cccc(C)c1. The molecule has 0 bridgehead atoms. The number of nitrogens with one attached hydrogen (secondary N) is 1. The van der Waals surface area contributed by atoms with Crippen molar-refractivity contribution in [3.8, 4) is 0 Å². The highest BCUT2D eigenvalue weighted by molar-refractivity contribution is 5.50. The smallest absolute Gasteiger partial charge is 0.0164 e. The van der Waals surface area contributed by atoms with Gasteiger partial charge in [0.25, 0.3) is 0 Å². The van der Waals surface area contributed by atoms with Gasteiger partial charge in [-0.2, -0.15) is 0 Å². The Kier molecular flexibility index (Phi) is 5.58. The normalized spacial score (nSPS) is 12.3. The summed E-state index contributed by atoms with van der Waals surface area (Å²) in [7, 11) is 0. The second-order valence-electron chi connectivity index (χ2n) is 4.08. The molecular formula is C15H21N. The largest absolute Gasteiger partial charge is 0.310 e. The Hall–Kier alpha value is -1.34. The second kappa shape index (κ2) is 7.02. The van der Waals surface area contributed by atoms with E-state index in [1.54, 1.807) is 0 Å². The molecule has 0 amide bonds. The number of rotatable bonds is 5. The highest BCUT2D eigenvalue weighted by Gasteiger charge is 1.87. The lowest BCUT2D eigenvalue weighted by Gasteiger charge is -2.00. The van der Waals surface area contributed by atoms with Gasteiger partial charge in [-0.05, 0) is 26.3 Å². The lowest BCUT2D eigenvalue weighted by Crippen LogP contribution is -2.15. The molecule has 0 aromatic heterocycles. The van der Waals surface area contributed by atoms with Gasteiger partial charge in [0.15, 0.2) is 0 Å². The van der Waals surface area contributed by atoms with Crippen LogP contribution in [0.3, 0.4) is 0 Å². The van der Waals surface area contributed by atoms with Crippen molar-refractivity contribution in [1.82, 2.24) is 5.32 Å². The Labute approximate surface area is 98.9 Å². The van der Waals surface area contributed by atoms with Crippen LogP contribution in [0.2, 0.25) is 0 Å². The third-order valence-corrected chi connectivity index (χ3v) is 2.51. The van der Waals surface area contributed by atoms with Gasteiger partial charge in [0.05, 0.1) is 0 Å². The van der Waals surface area contributed by atoms with Crippen LogP contribution in [0.15, 0.2) is 42.0 Å². The van der Waals surface area contributed by atoms with Crippen molar-refractivity contribution >= 4 is 6.08 Å². The van der Waals surface area contributed by atoms with Gasteiger partial charge in [-0.1, -0.05) is 53.6 Å². The molecule has 16 heavy (non-hydrogen) atoms. The Morgan fingerprint density at radius 3 is 2.88 bits per heavy atom. The summed E-state index contributed by atoms with van der Waals surface area (Å²) >= 11 is 0. The molecule has 1 heteroatoms. The van der Waals surface area contributed by atoms with E-state index in [1.807, 2.05) is 0 Å². The topological polar surface area (TPSA) is 12.0 Å². The first-order chi connectivity index (χ1) is 7.72. The quantitative estimate of drug-likeness (QED) is 0.585. The maximum Gasteiger partial charge on any atom is 0.0164 e. The third kappa shape index (κ3) is 4.94. The van der Waals surface area contributed by atoms with E-state index in [4.69, 9.17) is 0 Å². The van der Waals surface area contributed by atoms with Gasteiger partial charge in [0, 0.05) is 13.1 Å². The van der Waals surface area contributed by atoms with Crippen molar-refractivity contribution in [2.45, 2.75) is 20.8 Å². The Morgan fingerprint density at radius 2 is 2.19 bits per heavy atom. The zero-order valence-electron chi connectivity index (χ0n) is 10.5. The van der Waals surface area contributed by atoms with E-state index in [0.717, 1.165) is 13.1 Å². The maximum atomic E-state index is 3.37. The number of hydrogen-bond donors (Lipinski definition) is 1. The molecular weight excluding hydrogens is 194 g/mol. The first-order valence-corrected chi connectivity index (χ1v) is 5.78. The first-order valence-electron chi connectivity index (χ1n) is 5.78. The van der Waals surface area contributed by atoms with E-state index in [9.17, 15) is 0 Å². The van der Waals surface area contributed by atoms with Gasteiger partial charge in [0.2, 0.25) is 0 Å². The fourth-order valence-corrected chi connectivity index (χ4v) is 1.42. The van der Waals surface area contributed by atoms with Crippen LogP contribution < -0.4 is 5.32 Å². The summed E-state index contributed by atoms with van der Waals surface area (Å²) in [4.78, 5) is 0. The molecule has 0 saturated carbocycles. The second-order valence-corrected chi connectivity index (χ2v) is 4.08. The molecule has 0 radical (unpaired) electrons. The van der Waals surface area contributed by atoms with E-state index < -0.39 is 0 Å². The molecule has 0 fully saturated rings. The van der Waals surface area contributed by atoms with Crippen molar-refractivity contribution in [2.24, 2.45) is 0 Å². The van der Waals surface area contributed by atoms with E-state index in [1.165, 1.54) is 16.7 Å². The highest BCUT2D eigenvalue weighted by atomic mass is 14.8. The zero-order chi connectivity index (χ0) is 11.8. The Morgan fingerprint density at radius 1 is 1.38 bits per heavy atom. The van der Waals surface area contributed by atoms with E-state index in [-0.39, 0.29) is 0 Å². The summed E-state index contributed by atoms with van der Waals surface area (Å²) in [6, 6.07) is 8.52. The molecule has 0 aliphatic rings. The van der Waals surface area contributed by atoms with Crippen LogP contribution in [0.4, 0.5) is 0 Å². The van der Waals surface area contributed by atoms with Crippen LogP contribution in [0.1, 0.15) is 25.0 Å². The lowest BCUT2D eigenvalue weighted by molar-refractivity contribution is 0.814. The van der Waals surface area contributed by atoms with Crippen LogP contribution in [-0.2, 0) is 0 Å². The molecule has 0 aliphatic heterocycles. The van der Waals surface area contributed by atoms with Crippen molar-refractivity contribution in [1.29, 1.82) is 0 Å². The van der Waals surface area contributed by atoms with Gasteiger partial charge in [-0.15, -0.1) is 0 Å². The molecule has 0 spiro atoms. The number of hydrogen-bond acceptors (Lipinski definition) is 1. The van der Waals surface area contributed by atoms with Crippen molar-refractivity contribution in [2.75, 3.05) is 13.1 Å². The van der Waals surface area contributed by atoms with Crippen LogP contribution in [0, 0.1) is 6.92 Å². The van der Waals surface area contributed by atoms with Crippen LogP contribution >= 0.6 is 0 Å². The summed E-state index contributed by atoms with van der Waals surface area (Å²) < 4.78 is 0. The van der Waals surface area contributed by atoms with Gasteiger partial charge >= 0.3 is 0 Å². The zero-order valence-corrected chi connectivity index (χ0v) is 10.5. The van der Waals surface area contributed by atoms with Gasteiger partial charge in [0.1, 0.15) is 0 Å². The molecule has 1 nitrogen and oxygen atoms in total. The summed E-state index contributed by atoms with van der Waals surface area (Å²) in [5.41, 5.74) is 3.95. The number of benzene rings is 1. The average Bonchev–Trinajstić information content (AvgIpc) is 2.28. The molecule has 1 aromatic carbocycles. The van der Waals surface area contributed by atoms with Crippen LogP contribution in [0.25, 0.3) is 6.08 Å². The summed E-state index contributed by atoms with van der Waals surface area (Å²) in [6.07, 6.45) is 6.46. The van der Waals surface area contributed by atoms with E-state index in [2.05, 4.69) is 68.6 Å². The van der Waals surface area contributed by atoms with Crippen molar-refractivity contribution in [3.05, 3.63) is 53.1 Å². The minimum Gasteiger partial charge on any atom is -0.310 e. The van der Waals surface area contributed by atoms with Crippen LogP contribution in [-0.4, -0.2) is 13.1 Å². The predicted molar refractivity (Wildman–Crippen MR) is 72.5 cm³/mol. The molecule has 86 valence electrons. The highest BCUT2D eigenvalue weighted by Crippen LogP contribution is 2.05. The van der Waals surface area contributed by atoms with E-state index in [0.29, 0.717) is 0 Å². The Bertz CT molecular complexity index is 375. The molecule has 1 N–H and O–H groups in total. The monoisotopic (exact) mass is 215 g/mol. The minimum atomic E-state index is 0.916. The van der Waals surface area contributed by atoms with Crippen LogP contribution in [0.5, 0.6) is 0 Å². The number of allylic oxidation sites excluding steroid dienone is 1. The molecule has 0 aliphatic carbocycles. The standard InChI is InChI=1S/C15H21N/c1-4-13(2)12-16-10-6-9-15-8-5-7-14(3)11-15/h4-9,11,16H,10,12H2,1-3H3/b9-6+,13-4+. The molecule has 0 saturated heterocycles. The molecule has 1 rings (SSSR count). The number of aryl methyl sites for hydroxylation is 1. The summed E-state index contributed by atoms with van der Waals surface area (Å²) in [5, 5.41) is 3.37. The predicted octanol–water partition coefficient (Wildman–Crippen LogP) is 3.56. The molecule has 1 aromatic rings. The summed E-state index contributed by atoms with van der Waals surface area (Å²) in [6.45, 7) is 8.20. The van der Waals surface area contributed by atoms with Gasteiger partial charge < -0.3 is 5.32 Å². The third-order valence-electron chi connectivity index (χ3n) is 2.51. The lowest BCUT2D eigenvalue weighted by atomic mass is 10.1. The fourth-order valence-electron chi connectivity index (χ4n) is 1.42. The van der Waals surface area contributed by atoms with Crippen molar-refractivity contribution < 1.29 is 0 Å². The maximum absolute atomic E-state index is 3.37. The van der Waals surface area contributed by atoms with Gasteiger partial charge in [-0.3, -0.25) is 0 Å².